The summed E-state index contributed by atoms with van der Waals surface area (Å²) in [6.07, 6.45) is 5.42. The van der Waals surface area contributed by atoms with Crippen molar-refractivity contribution in [1.82, 2.24) is 9.80 Å². The molecule has 1 aliphatic carbocycles. The summed E-state index contributed by atoms with van der Waals surface area (Å²) >= 11 is 0. The number of hydrogen-bond donors (Lipinski definition) is 0. The van der Waals surface area contributed by atoms with Crippen LogP contribution in [0, 0.1) is 5.82 Å². The van der Waals surface area contributed by atoms with Crippen LogP contribution in [0.1, 0.15) is 36.5 Å². The largest absolute Gasteiger partial charge is 0.332 e. The maximum Gasteiger partial charge on any atom is 0.254 e. The number of amides is 1. The quantitative estimate of drug-likeness (QED) is 0.744. The van der Waals surface area contributed by atoms with Crippen molar-refractivity contribution in [2.75, 3.05) is 26.2 Å². The molecular weight excluding hydrogens is 303 g/mol. The highest BCUT2D eigenvalue weighted by atomic mass is 19.1. The minimum absolute atomic E-state index is 0.00965. The summed E-state index contributed by atoms with van der Waals surface area (Å²) < 4.78 is 13.1. The Morgan fingerprint density at radius 1 is 1.33 bits per heavy atom. The second-order valence-electron chi connectivity index (χ2n) is 6.99. The van der Waals surface area contributed by atoms with Crippen molar-refractivity contribution in [2.24, 2.45) is 0 Å². The van der Waals surface area contributed by atoms with E-state index in [4.69, 9.17) is 0 Å². The van der Waals surface area contributed by atoms with E-state index in [9.17, 15) is 9.18 Å². The third-order valence-electron chi connectivity index (χ3n) is 4.51. The summed E-state index contributed by atoms with van der Waals surface area (Å²) in [5.74, 6) is -0.301. The van der Waals surface area contributed by atoms with Crippen LogP contribution in [0.15, 0.2) is 48.1 Å². The fraction of sp³-hybridized carbons (Fsp3) is 0.450. The van der Waals surface area contributed by atoms with Crippen molar-refractivity contribution in [3.05, 3.63) is 59.4 Å². The van der Waals surface area contributed by atoms with Crippen LogP contribution in [-0.4, -0.2) is 47.9 Å². The molecule has 1 aromatic rings. The first-order valence-electron chi connectivity index (χ1n) is 8.64. The second-order valence-corrected chi connectivity index (χ2v) is 6.99. The summed E-state index contributed by atoms with van der Waals surface area (Å²) in [6, 6.07) is 6.20. The molecule has 1 heterocycles. The highest BCUT2D eigenvalue weighted by molar-refractivity contribution is 5.94. The lowest BCUT2D eigenvalue weighted by Gasteiger charge is -2.31. The van der Waals surface area contributed by atoms with Gasteiger partial charge in [-0.05, 0) is 56.0 Å². The number of halogens is 1. The highest BCUT2D eigenvalue weighted by Crippen LogP contribution is 2.29. The zero-order valence-corrected chi connectivity index (χ0v) is 14.3. The van der Waals surface area contributed by atoms with E-state index >= 15 is 0 Å². The molecule has 3 nitrogen and oxygen atoms in total. The standard InChI is InChI=1S/C20H25FN2O/c1-15(2)12-22-11-3-4-16(13-22)14-23(19-9-10-19)20(24)17-5-7-18(21)8-6-17/h4-8,19H,1,3,9-14H2,2H3. The zero-order valence-electron chi connectivity index (χ0n) is 14.3. The van der Waals surface area contributed by atoms with Crippen molar-refractivity contribution in [1.29, 1.82) is 0 Å². The number of rotatable bonds is 6. The van der Waals surface area contributed by atoms with Crippen molar-refractivity contribution < 1.29 is 9.18 Å². The molecule has 0 bridgehead atoms. The molecule has 1 amide bonds. The monoisotopic (exact) mass is 328 g/mol. The van der Waals surface area contributed by atoms with Gasteiger partial charge in [0, 0.05) is 37.8 Å². The predicted octanol–water partition coefficient (Wildman–Crippen LogP) is 3.64. The van der Waals surface area contributed by atoms with Crippen molar-refractivity contribution in [3.8, 4) is 0 Å². The average Bonchev–Trinajstić information content (AvgIpc) is 3.37. The minimum Gasteiger partial charge on any atom is -0.332 e. The first-order valence-corrected chi connectivity index (χ1v) is 8.64. The first-order chi connectivity index (χ1) is 11.5. The van der Waals surface area contributed by atoms with E-state index in [0.29, 0.717) is 18.2 Å². The molecule has 1 aromatic carbocycles. The van der Waals surface area contributed by atoms with Gasteiger partial charge >= 0.3 is 0 Å². The smallest absolute Gasteiger partial charge is 0.254 e. The molecule has 1 fully saturated rings. The van der Waals surface area contributed by atoms with Crippen LogP contribution >= 0.6 is 0 Å². The van der Waals surface area contributed by atoms with Crippen LogP contribution in [0.25, 0.3) is 0 Å². The van der Waals surface area contributed by atoms with Crippen LogP contribution in [0.2, 0.25) is 0 Å². The number of carbonyl (C=O) groups is 1. The molecule has 0 radical (unpaired) electrons. The Morgan fingerprint density at radius 2 is 2.04 bits per heavy atom. The summed E-state index contributed by atoms with van der Waals surface area (Å²) in [6.45, 7) is 9.57. The molecule has 0 saturated heterocycles. The van der Waals surface area contributed by atoms with Crippen LogP contribution in [0.3, 0.4) is 0 Å². The Labute approximate surface area is 143 Å². The normalized spacial score (nSPS) is 18.2. The van der Waals surface area contributed by atoms with Crippen LogP contribution < -0.4 is 0 Å². The lowest BCUT2D eigenvalue weighted by atomic mass is 10.1. The maximum absolute atomic E-state index is 13.1. The minimum atomic E-state index is -0.310. The summed E-state index contributed by atoms with van der Waals surface area (Å²) in [7, 11) is 0. The van der Waals surface area contributed by atoms with Gasteiger partial charge in [0.15, 0.2) is 0 Å². The molecule has 0 N–H and O–H groups in total. The Hall–Kier alpha value is -1.94. The van der Waals surface area contributed by atoms with Gasteiger partial charge in [0.1, 0.15) is 5.82 Å². The average molecular weight is 328 g/mol. The number of hydrogen-bond acceptors (Lipinski definition) is 2. The van der Waals surface area contributed by atoms with Gasteiger partial charge in [-0.15, -0.1) is 0 Å². The Kier molecular flexibility index (Phi) is 5.14. The Bertz CT molecular complexity index is 646. The fourth-order valence-corrected chi connectivity index (χ4v) is 3.24. The molecule has 0 spiro atoms. The van der Waals surface area contributed by atoms with E-state index in [2.05, 4.69) is 17.6 Å². The Balaban J connectivity index is 1.68. The summed E-state index contributed by atoms with van der Waals surface area (Å²) in [5.41, 5.74) is 3.03. The lowest BCUT2D eigenvalue weighted by molar-refractivity contribution is 0.0754. The third-order valence-corrected chi connectivity index (χ3v) is 4.51. The van der Waals surface area contributed by atoms with E-state index in [0.717, 1.165) is 44.5 Å². The highest BCUT2D eigenvalue weighted by Gasteiger charge is 2.33. The van der Waals surface area contributed by atoms with Crippen LogP contribution in [0.4, 0.5) is 4.39 Å². The van der Waals surface area contributed by atoms with Crippen LogP contribution in [-0.2, 0) is 0 Å². The molecule has 128 valence electrons. The SMILES string of the molecule is C=C(C)CN1CCC=C(CN(C(=O)c2ccc(F)cc2)C2CC2)C1. The maximum atomic E-state index is 13.1. The molecule has 24 heavy (non-hydrogen) atoms. The fourth-order valence-electron chi connectivity index (χ4n) is 3.24. The molecule has 2 aliphatic rings. The van der Waals surface area contributed by atoms with Crippen LogP contribution in [0.5, 0.6) is 0 Å². The predicted molar refractivity (Wildman–Crippen MR) is 94.4 cm³/mol. The van der Waals surface area contributed by atoms with Gasteiger partial charge < -0.3 is 4.90 Å². The Morgan fingerprint density at radius 3 is 2.67 bits per heavy atom. The topological polar surface area (TPSA) is 23.6 Å². The second kappa shape index (κ2) is 7.31. The first kappa shape index (κ1) is 16.9. The van der Waals surface area contributed by atoms with Gasteiger partial charge in [0.2, 0.25) is 0 Å². The summed E-state index contributed by atoms with van der Waals surface area (Å²) in [4.78, 5) is 17.2. The van der Waals surface area contributed by atoms with Gasteiger partial charge in [-0.25, -0.2) is 4.39 Å². The number of nitrogens with zero attached hydrogens (tertiary/aromatic N) is 2. The molecule has 1 saturated carbocycles. The molecular formula is C20H25FN2O. The summed E-state index contributed by atoms with van der Waals surface area (Å²) in [5, 5.41) is 0. The van der Waals surface area contributed by atoms with Gasteiger partial charge in [-0.3, -0.25) is 9.69 Å². The lowest BCUT2D eigenvalue weighted by Crippen LogP contribution is -2.39. The molecule has 0 unspecified atom stereocenters. The van der Waals surface area contributed by atoms with Crippen molar-refractivity contribution in [3.63, 3.8) is 0 Å². The zero-order chi connectivity index (χ0) is 17.1. The van der Waals surface area contributed by atoms with Gasteiger partial charge in [0.05, 0.1) is 0 Å². The van der Waals surface area contributed by atoms with Gasteiger partial charge in [-0.2, -0.15) is 0 Å². The number of carbonyl (C=O) groups excluding carboxylic acids is 1. The molecule has 3 rings (SSSR count). The third kappa shape index (κ3) is 4.32. The van der Waals surface area contributed by atoms with Gasteiger partial charge in [-0.1, -0.05) is 18.2 Å². The van der Waals surface area contributed by atoms with Gasteiger partial charge in [0.25, 0.3) is 5.91 Å². The van der Waals surface area contributed by atoms with Crippen molar-refractivity contribution in [2.45, 2.75) is 32.2 Å². The molecule has 1 aliphatic heterocycles. The van der Waals surface area contributed by atoms with E-state index in [1.807, 2.05) is 11.8 Å². The van der Waals surface area contributed by atoms with E-state index in [-0.39, 0.29) is 11.7 Å². The molecule has 4 heteroatoms. The molecule has 0 aromatic heterocycles. The van der Waals surface area contributed by atoms with E-state index in [1.165, 1.54) is 17.7 Å². The van der Waals surface area contributed by atoms with E-state index in [1.54, 1.807) is 12.1 Å². The number of benzene rings is 1. The van der Waals surface area contributed by atoms with Crippen molar-refractivity contribution >= 4 is 5.91 Å². The van der Waals surface area contributed by atoms with E-state index < -0.39 is 0 Å². The molecule has 0 atom stereocenters.